The summed E-state index contributed by atoms with van der Waals surface area (Å²) in [5.41, 5.74) is 1.74. The molecule has 0 aliphatic carbocycles. The number of alkyl halides is 2. The van der Waals surface area contributed by atoms with E-state index in [0.717, 1.165) is 5.56 Å². The van der Waals surface area contributed by atoms with Crippen LogP contribution < -0.4 is 14.2 Å². The van der Waals surface area contributed by atoms with Gasteiger partial charge in [0.15, 0.2) is 5.70 Å². The number of methoxy groups -OCH3 is 1. The van der Waals surface area contributed by atoms with Crippen LogP contribution in [0.4, 0.5) is 8.78 Å². The second-order valence-corrected chi connectivity index (χ2v) is 6.12. The number of rotatable bonds is 5. The van der Waals surface area contributed by atoms with Gasteiger partial charge < -0.3 is 18.9 Å². The van der Waals surface area contributed by atoms with E-state index in [9.17, 15) is 13.6 Å². The van der Waals surface area contributed by atoms with E-state index in [2.05, 4.69) is 9.73 Å². The lowest BCUT2D eigenvalue weighted by Crippen LogP contribution is -2.10. The van der Waals surface area contributed by atoms with E-state index in [0.29, 0.717) is 17.1 Å². The van der Waals surface area contributed by atoms with Crippen LogP contribution in [0.2, 0.25) is 0 Å². The molecule has 0 radical (unpaired) electrons. The average Bonchev–Trinajstić information content (AvgIpc) is 3.07. The summed E-state index contributed by atoms with van der Waals surface area (Å²) >= 11 is 0. The van der Waals surface area contributed by atoms with E-state index >= 15 is 0 Å². The van der Waals surface area contributed by atoms with Crippen molar-refractivity contribution in [3.05, 3.63) is 70.9 Å². The van der Waals surface area contributed by atoms with Crippen molar-refractivity contribution in [3.63, 3.8) is 0 Å². The van der Waals surface area contributed by atoms with Crippen molar-refractivity contribution in [1.82, 2.24) is 0 Å². The van der Waals surface area contributed by atoms with Crippen LogP contribution >= 0.6 is 0 Å². The van der Waals surface area contributed by atoms with Gasteiger partial charge in [0.25, 0.3) is 0 Å². The van der Waals surface area contributed by atoms with Crippen molar-refractivity contribution in [2.45, 2.75) is 6.61 Å². The minimum absolute atomic E-state index is 0.0404. The quantitative estimate of drug-likeness (QED) is 0.563. The Labute approximate surface area is 164 Å². The molecule has 0 saturated carbocycles. The first kappa shape index (κ1) is 18.7. The number of nitrogens with zero attached hydrogens (tertiary/aromatic N) is 1. The van der Waals surface area contributed by atoms with Crippen LogP contribution in [0.25, 0.3) is 6.08 Å². The van der Waals surface area contributed by atoms with E-state index in [4.69, 9.17) is 14.2 Å². The van der Waals surface area contributed by atoms with Crippen LogP contribution in [0.1, 0.15) is 11.1 Å². The first-order valence-corrected chi connectivity index (χ1v) is 8.61. The number of hydrogen-bond donors (Lipinski definition) is 0. The number of para-hydroxylation sites is 1. The summed E-state index contributed by atoms with van der Waals surface area (Å²) in [5.74, 6) is 0.437. The molecule has 148 valence electrons. The summed E-state index contributed by atoms with van der Waals surface area (Å²) in [6, 6.07) is 11.4. The molecule has 0 spiro atoms. The van der Waals surface area contributed by atoms with Crippen molar-refractivity contribution in [1.29, 1.82) is 0 Å². The fraction of sp³-hybridized carbons (Fsp3) is 0.143. The highest BCUT2D eigenvalue weighted by Crippen LogP contribution is 2.32. The summed E-state index contributed by atoms with van der Waals surface area (Å²) in [6.45, 7) is -2.78. The van der Waals surface area contributed by atoms with Gasteiger partial charge in [0.1, 0.15) is 23.9 Å². The Balaban J connectivity index is 1.63. The number of benzene rings is 2. The monoisotopic (exact) mass is 399 g/mol. The van der Waals surface area contributed by atoms with Crippen LogP contribution in [0.5, 0.6) is 17.2 Å². The average molecular weight is 399 g/mol. The number of hydrogen-bond acceptors (Lipinski definition) is 6. The van der Waals surface area contributed by atoms with Gasteiger partial charge in [-0.3, -0.25) is 0 Å². The zero-order chi connectivity index (χ0) is 20.4. The van der Waals surface area contributed by atoms with Gasteiger partial charge in [0.05, 0.1) is 12.7 Å². The number of carbonyl (C=O) groups is 1. The molecule has 2 aliphatic rings. The summed E-state index contributed by atoms with van der Waals surface area (Å²) in [6.07, 6.45) is 3.40. The molecule has 2 aromatic carbocycles. The number of aliphatic imine (C=N–C) groups is 1. The zero-order valence-corrected chi connectivity index (χ0v) is 15.2. The predicted octanol–water partition coefficient (Wildman–Crippen LogP) is 3.96. The largest absolute Gasteiger partial charge is 0.497 e. The molecular formula is C21H15F2NO5. The highest BCUT2D eigenvalue weighted by atomic mass is 19.3. The molecule has 0 unspecified atom stereocenters. The van der Waals surface area contributed by atoms with Crippen molar-refractivity contribution in [2.75, 3.05) is 13.7 Å². The normalized spacial score (nSPS) is 16.7. The molecule has 2 aliphatic heterocycles. The first-order valence-electron chi connectivity index (χ1n) is 8.61. The number of ether oxygens (including phenoxy) is 4. The molecule has 0 N–H and O–H groups in total. The number of halogens is 2. The van der Waals surface area contributed by atoms with Crippen LogP contribution in [0, 0.1) is 0 Å². The van der Waals surface area contributed by atoms with Crippen molar-refractivity contribution >= 4 is 17.9 Å². The Morgan fingerprint density at radius 2 is 2.03 bits per heavy atom. The van der Waals surface area contributed by atoms with E-state index in [1.807, 2.05) is 12.1 Å². The van der Waals surface area contributed by atoms with Gasteiger partial charge in [0.2, 0.25) is 5.90 Å². The fourth-order valence-electron chi connectivity index (χ4n) is 2.91. The molecule has 0 saturated heterocycles. The van der Waals surface area contributed by atoms with Gasteiger partial charge >= 0.3 is 12.6 Å². The van der Waals surface area contributed by atoms with Crippen LogP contribution in [0.15, 0.2) is 64.8 Å². The molecule has 0 fully saturated rings. The molecule has 0 atom stereocenters. The third kappa shape index (κ3) is 3.96. The lowest BCUT2D eigenvalue weighted by Gasteiger charge is -2.16. The summed E-state index contributed by atoms with van der Waals surface area (Å²) in [7, 11) is 1.57. The molecule has 2 heterocycles. The van der Waals surface area contributed by atoms with Crippen LogP contribution in [-0.4, -0.2) is 32.2 Å². The SMILES string of the molecule is COc1ccc2c(c1)OCC(/C=C1\N=C(c3ccccc3OC(F)F)OC1=O)=C2. The van der Waals surface area contributed by atoms with Gasteiger partial charge in [-0.1, -0.05) is 12.1 Å². The van der Waals surface area contributed by atoms with Gasteiger partial charge in [-0.05, 0) is 42.0 Å². The highest BCUT2D eigenvalue weighted by Gasteiger charge is 2.27. The Hall–Kier alpha value is -3.68. The molecule has 4 rings (SSSR count). The molecule has 8 heteroatoms. The Bertz CT molecular complexity index is 1060. The van der Waals surface area contributed by atoms with E-state index in [1.54, 1.807) is 31.4 Å². The maximum absolute atomic E-state index is 12.6. The second kappa shape index (κ2) is 7.75. The topological polar surface area (TPSA) is 66.3 Å². The highest BCUT2D eigenvalue weighted by molar-refractivity contribution is 6.12. The molecule has 0 amide bonds. The molecule has 0 aromatic heterocycles. The Morgan fingerprint density at radius 1 is 1.21 bits per heavy atom. The Morgan fingerprint density at radius 3 is 2.83 bits per heavy atom. The van der Waals surface area contributed by atoms with Gasteiger partial charge in [-0.2, -0.15) is 8.78 Å². The minimum Gasteiger partial charge on any atom is -0.497 e. The smallest absolute Gasteiger partial charge is 0.387 e. The summed E-state index contributed by atoms with van der Waals surface area (Å²) in [4.78, 5) is 16.4. The van der Waals surface area contributed by atoms with E-state index in [1.165, 1.54) is 18.2 Å². The number of carbonyl (C=O) groups excluding carboxylic acids is 1. The second-order valence-electron chi connectivity index (χ2n) is 6.12. The lowest BCUT2D eigenvalue weighted by molar-refractivity contribution is -0.130. The lowest BCUT2D eigenvalue weighted by atomic mass is 10.1. The predicted molar refractivity (Wildman–Crippen MR) is 100 cm³/mol. The van der Waals surface area contributed by atoms with E-state index in [-0.39, 0.29) is 29.5 Å². The molecule has 2 aromatic rings. The number of esters is 1. The minimum atomic E-state index is -3.01. The summed E-state index contributed by atoms with van der Waals surface area (Å²) in [5, 5.41) is 0. The molecule has 29 heavy (non-hydrogen) atoms. The van der Waals surface area contributed by atoms with Crippen molar-refractivity contribution < 1.29 is 32.5 Å². The standard InChI is InChI=1S/C21H15F2NO5/c1-26-14-7-6-13-8-12(11-27-18(13)10-14)9-16-20(25)29-19(24-16)15-4-2-3-5-17(15)28-21(22)23/h2-10,21H,11H2,1H3/b16-9-. The van der Waals surface area contributed by atoms with Crippen molar-refractivity contribution in [3.8, 4) is 17.2 Å². The third-order valence-electron chi connectivity index (χ3n) is 4.23. The molecule has 6 nitrogen and oxygen atoms in total. The third-order valence-corrected chi connectivity index (χ3v) is 4.23. The van der Waals surface area contributed by atoms with Gasteiger partial charge in [0, 0.05) is 11.6 Å². The van der Waals surface area contributed by atoms with E-state index < -0.39 is 12.6 Å². The number of cyclic esters (lactones) is 1. The molecular weight excluding hydrogens is 384 g/mol. The fourth-order valence-corrected chi connectivity index (χ4v) is 2.91. The first-order chi connectivity index (χ1) is 14.0. The zero-order valence-electron chi connectivity index (χ0n) is 15.2. The molecule has 0 bridgehead atoms. The van der Waals surface area contributed by atoms with Crippen LogP contribution in [-0.2, 0) is 9.53 Å². The van der Waals surface area contributed by atoms with Gasteiger partial charge in [-0.15, -0.1) is 0 Å². The number of fused-ring (bicyclic) bond motifs is 1. The Kier molecular flexibility index (Phi) is 4.99. The van der Waals surface area contributed by atoms with Crippen LogP contribution in [0.3, 0.4) is 0 Å². The van der Waals surface area contributed by atoms with Gasteiger partial charge in [-0.25, -0.2) is 9.79 Å². The summed E-state index contributed by atoms with van der Waals surface area (Å²) < 4.78 is 45.7. The van der Waals surface area contributed by atoms with Crippen molar-refractivity contribution in [2.24, 2.45) is 4.99 Å². The maximum atomic E-state index is 12.6. The maximum Gasteiger partial charge on any atom is 0.387 e.